The molecule has 1 atom stereocenters. The van der Waals surface area contributed by atoms with Gasteiger partial charge in [-0.1, -0.05) is 6.92 Å². The fraction of sp³-hybridized carbons (Fsp3) is 0.538. The van der Waals surface area contributed by atoms with Crippen molar-refractivity contribution in [2.24, 2.45) is 11.8 Å². The number of nitrogens with zero attached hydrogens (tertiary/aromatic N) is 2. The van der Waals surface area contributed by atoms with Gasteiger partial charge in [-0.25, -0.2) is 4.98 Å². The van der Waals surface area contributed by atoms with Crippen molar-refractivity contribution in [3.8, 4) is 0 Å². The minimum absolute atomic E-state index is 0.698. The van der Waals surface area contributed by atoms with Gasteiger partial charge in [-0.3, -0.25) is 0 Å². The number of hydrogen-bond donors (Lipinski definition) is 1. The van der Waals surface area contributed by atoms with Crippen molar-refractivity contribution in [1.29, 1.82) is 0 Å². The van der Waals surface area contributed by atoms with E-state index in [1.807, 2.05) is 13.1 Å². The van der Waals surface area contributed by atoms with Crippen LogP contribution in [0.2, 0.25) is 0 Å². The molecule has 0 aliphatic heterocycles. The molecule has 90 valence electrons. The molecule has 1 aliphatic rings. The van der Waals surface area contributed by atoms with Crippen molar-refractivity contribution in [3.63, 3.8) is 0 Å². The van der Waals surface area contributed by atoms with Gasteiger partial charge in [0.15, 0.2) is 10.4 Å². The predicted molar refractivity (Wildman–Crippen MR) is 71.5 cm³/mol. The third kappa shape index (κ3) is 2.02. The lowest BCUT2D eigenvalue weighted by atomic mass is 10.1. The van der Waals surface area contributed by atoms with Crippen molar-refractivity contribution in [1.82, 2.24) is 14.5 Å². The van der Waals surface area contributed by atoms with Gasteiger partial charge < -0.3 is 9.55 Å². The third-order valence-corrected chi connectivity index (χ3v) is 3.97. The van der Waals surface area contributed by atoms with Crippen LogP contribution < -0.4 is 0 Å². The quantitative estimate of drug-likeness (QED) is 0.843. The van der Waals surface area contributed by atoms with Gasteiger partial charge in [0.05, 0.1) is 5.52 Å². The Morgan fingerprint density at radius 3 is 3.06 bits per heavy atom. The SMILES string of the molecule is Cc1cnc2c(c1)[nH]c(=S)n2CC(C)C1CC1. The number of imidazole rings is 1. The lowest BCUT2D eigenvalue weighted by Gasteiger charge is -2.11. The van der Waals surface area contributed by atoms with Crippen LogP contribution in [0.5, 0.6) is 0 Å². The first-order valence-corrected chi connectivity index (χ1v) is 6.61. The van der Waals surface area contributed by atoms with E-state index in [2.05, 4.69) is 27.5 Å². The highest BCUT2D eigenvalue weighted by atomic mass is 32.1. The summed E-state index contributed by atoms with van der Waals surface area (Å²) in [6.07, 6.45) is 4.66. The Balaban J connectivity index is 2.02. The summed E-state index contributed by atoms with van der Waals surface area (Å²) in [7, 11) is 0. The van der Waals surface area contributed by atoms with E-state index in [9.17, 15) is 0 Å². The molecule has 0 saturated heterocycles. The van der Waals surface area contributed by atoms with E-state index >= 15 is 0 Å². The number of hydrogen-bond acceptors (Lipinski definition) is 2. The van der Waals surface area contributed by atoms with Crippen molar-refractivity contribution in [3.05, 3.63) is 22.6 Å². The van der Waals surface area contributed by atoms with Gasteiger partial charge in [0, 0.05) is 12.7 Å². The van der Waals surface area contributed by atoms with E-state index in [4.69, 9.17) is 12.2 Å². The highest BCUT2D eigenvalue weighted by Gasteiger charge is 2.28. The van der Waals surface area contributed by atoms with Crippen molar-refractivity contribution >= 4 is 23.4 Å². The molecule has 0 bridgehead atoms. The van der Waals surface area contributed by atoms with Gasteiger partial charge in [0.2, 0.25) is 0 Å². The fourth-order valence-electron chi connectivity index (χ4n) is 2.42. The third-order valence-electron chi connectivity index (χ3n) is 3.64. The number of nitrogens with one attached hydrogen (secondary N) is 1. The minimum atomic E-state index is 0.698. The number of pyridine rings is 1. The van der Waals surface area contributed by atoms with Gasteiger partial charge in [0.1, 0.15) is 0 Å². The van der Waals surface area contributed by atoms with Crippen LogP contribution in [-0.2, 0) is 6.54 Å². The zero-order valence-electron chi connectivity index (χ0n) is 10.2. The molecule has 0 spiro atoms. The largest absolute Gasteiger partial charge is 0.329 e. The topological polar surface area (TPSA) is 33.6 Å². The second-order valence-electron chi connectivity index (χ2n) is 5.24. The Labute approximate surface area is 106 Å². The smallest absolute Gasteiger partial charge is 0.179 e. The fourth-order valence-corrected chi connectivity index (χ4v) is 2.69. The maximum atomic E-state index is 5.39. The van der Waals surface area contributed by atoms with E-state index in [0.717, 1.165) is 34.0 Å². The summed E-state index contributed by atoms with van der Waals surface area (Å²) in [5, 5.41) is 0. The van der Waals surface area contributed by atoms with Crippen LogP contribution in [0.4, 0.5) is 0 Å². The Morgan fingerprint density at radius 1 is 1.59 bits per heavy atom. The summed E-state index contributed by atoms with van der Waals surface area (Å²) in [5.74, 6) is 1.59. The zero-order chi connectivity index (χ0) is 12.0. The average molecular weight is 247 g/mol. The first kappa shape index (κ1) is 11.0. The van der Waals surface area contributed by atoms with Crippen LogP contribution in [0.3, 0.4) is 0 Å². The first-order valence-electron chi connectivity index (χ1n) is 6.20. The molecule has 0 amide bonds. The van der Waals surface area contributed by atoms with E-state index in [-0.39, 0.29) is 0 Å². The summed E-state index contributed by atoms with van der Waals surface area (Å²) in [6, 6.07) is 2.11. The van der Waals surface area contributed by atoms with Crippen LogP contribution in [0, 0.1) is 23.5 Å². The monoisotopic (exact) mass is 247 g/mol. The maximum Gasteiger partial charge on any atom is 0.179 e. The minimum Gasteiger partial charge on any atom is -0.329 e. The summed E-state index contributed by atoms with van der Waals surface area (Å²) in [6.45, 7) is 5.35. The molecular weight excluding hydrogens is 230 g/mol. The van der Waals surface area contributed by atoms with Gasteiger partial charge in [-0.2, -0.15) is 0 Å². The van der Waals surface area contributed by atoms with E-state index in [1.54, 1.807) is 0 Å². The molecule has 3 nitrogen and oxygen atoms in total. The number of aryl methyl sites for hydroxylation is 1. The first-order chi connectivity index (χ1) is 8.15. The number of rotatable bonds is 3. The molecule has 1 unspecified atom stereocenters. The highest BCUT2D eigenvalue weighted by molar-refractivity contribution is 7.71. The second kappa shape index (κ2) is 3.95. The van der Waals surface area contributed by atoms with Gasteiger partial charge in [0.25, 0.3) is 0 Å². The Hall–Kier alpha value is -1.16. The number of aromatic nitrogens is 3. The number of fused-ring (bicyclic) bond motifs is 1. The molecule has 2 aromatic heterocycles. The highest BCUT2D eigenvalue weighted by Crippen LogP contribution is 2.37. The van der Waals surface area contributed by atoms with E-state index < -0.39 is 0 Å². The Kier molecular flexibility index (Phi) is 2.54. The Morgan fingerprint density at radius 2 is 2.35 bits per heavy atom. The molecule has 4 heteroatoms. The average Bonchev–Trinajstić information content (AvgIpc) is 3.06. The van der Waals surface area contributed by atoms with Crippen LogP contribution in [0.15, 0.2) is 12.3 Å². The molecular formula is C13H17N3S. The Bertz CT molecular complexity index is 607. The maximum absolute atomic E-state index is 5.39. The number of H-pyrrole nitrogens is 1. The van der Waals surface area contributed by atoms with Gasteiger partial charge >= 0.3 is 0 Å². The molecule has 2 heterocycles. The second-order valence-corrected chi connectivity index (χ2v) is 5.63. The van der Waals surface area contributed by atoms with Crippen molar-refractivity contribution < 1.29 is 0 Å². The lowest BCUT2D eigenvalue weighted by Crippen LogP contribution is -2.09. The summed E-state index contributed by atoms with van der Waals surface area (Å²) in [5.41, 5.74) is 3.21. The summed E-state index contributed by atoms with van der Waals surface area (Å²) < 4.78 is 2.94. The molecule has 1 saturated carbocycles. The molecule has 0 aromatic carbocycles. The van der Waals surface area contributed by atoms with Crippen molar-refractivity contribution in [2.75, 3.05) is 0 Å². The van der Waals surface area contributed by atoms with E-state index in [1.165, 1.54) is 12.8 Å². The molecule has 1 fully saturated rings. The van der Waals surface area contributed by atoms with Gasteiger partial charge in [-0.05, 0) is 55.4 Å². The molecule has 3 rings (SSSR count). The normalized spacial score (nSPS) is 17.5. The van der Waals surface area contributed by atoms with Crippen LogP contribution >= 0.6 is 12.2 Å². The van der Waals surface area contributed by atoms with Crippen LogP contribution in [0.25, 0.3) is 11.2 Å². The predicted octanol–water partition coefficient (Wildman–Crippen LogP) is 3.45. The summed E-state index contributed by atoms with van der Waals surface area (Å²) >= 11 is 5.39. The van der Waals surface area contributed by atoms with Gasteiger partial charge in [-0.15, -0.1) is 0 Å². The molecule has 2 aromatic rings. The zero-order valence-corrected chi connectivity index (χ0v) is 11.0. The molecule has 0 radical (unpaired) electrons. The lowest BCUT2D eigenvalue weighted by molar-refractivity contribution is 0.432. The summed E-state index contributed by atoms with van der Waals surface area (Å²) in [4.78, 5) is 7.75. The van der Waals surface area contributed by atoms with Crippen LogP contribution in [0.1, 0.15) is 25.3 Å². The molecule has 1 N–H and O–H groups in total. The standard InChI is InChI=1S/C13H17N3S/c1-8-5-11-12(14-6-8)16(13(17)15-11)7-9(2)10-3-4-10/h5-6,9-10H,3-4,7H2,1-2H3,(H,15,17). The van der Waals surface area contributed by atoms with Crippen LogP contribution in [-0.4, -0.2) is 14.5 Å². The molecule has 17 heavy (non-hydrogen) atoms. The number of aromatic amines is 1. The van der Waals surface area contributed by atoms with Crippen molar-refractivity contribution in [2.45, 2.75) is 33.2 Å². The van der Waals surface area contributed by atoms with E-state index in [0.29, 0.717) is 5.92 Å². The molecule has 1 aliphatic carbocycles.